The molecule has 21 heavy (non-hydrogen) atoms. The van der Waals surface area contributed by atoms with E-state index in [-0.39, 0.29) is 11.9 Å². The lowest BCUT2D eigenvalue weighted by Gasteiger charge is -2.18. The molecule has 4 heteroatoms. The Morgan fingerprint density at radius 3 is 2.67 bits per heavy atom. The van der Waals surface area contributed by atoms with Crippen molar-refractivity contribution >= 4 is 22.3 Å². The second-order valence-corrected chi connectivity index (χ2v) is 5.00. The normalized spacial score (nSPS) is 12.3. The van der Waals surface area contributed by atoms with Crippen LogP contribution in [0.2, 0.25) is 0 Å². The van der Waals surface area contributed by atoms with Gasteiger partial charge in [0.15, 0.2) is 5.82 Å². The first kappa shape index (κ1) is 13.4. The fourth-order valence-electron chi connectivity index (χ4n) is 2.42. The molecule has 2 aromatic carbocycles. The molecule has 1 heterocycles. The first-order valence-electron chi connectivity index (χ1n) is 6.81. The van der Waals surface area contributed by atoms with E-state index in [1.807, 2.05) is 43.3 Å². The molecule has 0 saturated heterocycles. The molecule has 0 bridgehead atoms. The van der Waals surface area contributed by atoms with Gasteiger partial charge >= 0.3 is 0 Å². The minimum Gasteiger partial charge on any atom is -0.398 e. The highest BCUT2D eigenvalue weighted by Crippen LogP contribution is 2.32. The summed E-state index contributed by atoms with van der Waals surface area (Å²) in [5.74, 6) is -0.388. The number of halogens is 1. The topological polar surface area (TPSA) is 50.9 Å². The van der Waals surface area contributed by atoms with Gasteiger partial charge in [0.2, 0.25) is 0 Å². The van der Waals surface area contributed by atoms with Gasteiger partial charge in [0.1, 0.15) is 0 Å². The molecule has 1 aromatic heterocycles. The molecule has 0 aliphatic heterocycles. The Morgan fingerprint density at radius 1 is 1.14 bits per heavy atom. The molecule has 1 atom stereocenters. The number of fused-ring (bicyclic) bond motifs is 1. The quantitative estimate of drug-likeness (QED) is 0.710. The van der Waals surface area contributed by atoms with Gasteiger partial charge in [0.25, 0.3) is 0 Å². The Hall–Kier alpha value is -2.62. The Balaban J connectivity index is 2.05. The molecule has 3 rings (SSSR count). The van der Waals surface area contributed by atoms with E-state index in [4.69, 9.17) is 5.73 Å². The molecule has 0 radical (unpaired) electrons. The standard InChI is InChI=1S/C17H16FN3/c1-11(12-6-3-2-4-7-12)21-17-14(18)10-15(19)13-8-5-9-20-16(13)17/h2-11,21H,19H2,1H3. The van der Waals surface area contributed by atoms with Crippen LogP contribution in [0.25, 0.3) is 10.9 Å². The van der Waals surface area contributed by atoms with Gasteiger partial charge in [-0.2, -0.15) is 0 Å². The number of hydrogen-bond donors (Lipinski definition) is 2. The minimum atomic E-state index is -0.388. The summed E-state index contributed by atoms with van der Waals surface area (Å²) in [5, 5.41) is 3.96. The molecule has 0 aliphatic rings. The van der Waals surface area contributed by atoms with Crippen molar-refractivity contribution in [3.63, 3.8) is 0 Å². The van der Waals surface area contributed by atoms with Gasteiger partial charge in [0, 0.05) is 23.3 Å². The van der Waals surface area contributed by atoms with Crippen molar-refractivity contribution in [1.82, 2.24) is 4.98 Å². The molecule has 3 N–H and O–H groups in total. The van der Waals surface area contributed by atoms with Crippen molar-refractivity contribution in [3.8, 4) is 0 Å². The average Bonchev–Trinajstić information content (AvgIpc) is 2.52. The van der Waals surface area contributed by atoms with Crippen LogP contribution in [0.4, 0.5) is 15.8 Å². The monoisotopic (exact) mass is 281 g/mol. The largest absolute Gasteiger partial charge is 0.398 e. The Labute approximate surface area is 122 Å². The van der Waals surface area contributed by atoms with Crippen LogP contribution in [0, 0.1) is 5.82 Å². The van der Waals surface area contributed by atoms with Crippen LogP contribution in [0.3, 0.4) is 0 Å². The summed E-state index contributed by atoms with van der Waals surface area (Å²) >= 11 is 0. The second-order valence-electron chi connectivity index (χ2n) is 5.00. The van der Waals surface area contributed by atoms with E-state index in [2.05, 4.69) is 10.3 Å². The van der Waals surface area contributed by atoms with Gasteiger partial charge in [-0.3, -0.25) is 4.98 Å². The molecular weight excluding hydrogens is 265 g/mol. The molecule has 3 aromatic rings. The number of pyridine rings is 1. The van der Waals surface area contributed by atoms with Gasteiger partial charge in [-0.1, -0.05) is 30.3 Å². The lowest BCUT2D eigenvalue weighted by atomic mass is 10.1. The Bertz CT molecular complexity index is 772. The predicted octanol–water partition coefficient (Wildman–Crippen LogP) is 4.13. The van der Waals surface area contributed by atoms with E-state index >= 15 is 0 Å². The van der Waals surface area contributed by atoms with Gasteiger partial charge < -0.3 is 11.1 Å². The lowest BCUT2D eigenvalue weighted by Crippen LogP contribution is -2.09. The van der Waals surface area contributed by atoms with Crippen LogP contribution < -0.4 is 11.1 Å². The van der Waals surface area contributed by atoms with Crippen molar-refractivity contribution < 1.29 is 4.39 Å². The minimum absolute atomic E-state index is 0.0328. The maximum absolute atomic E-state index is 14.3. The number of rotatable bonds is 3. The number of aromatic nitrogens is 1. The molecule has 3 nitrogen and oxygen atoms in total. The zero-order chi connectivity index (χ0) is 14.8. The van der Waals surface area contributed by atoms with Crippen LogP contribution in [0.5, 0.6) is 0 Å². The SMILES string of the molecule is CC(Nc1c(F)cc(N)c2cccnc12)c1ccccc1. The summed E-state index contributed by atoms with van der Waals surface area (Å²) in [6.07, 6.45) is 1.64. The summed E-state index contributed by atoms with van der Waals surface area (Å²) < 4.78 is 14.3. The maximum atomic E-state index is 14.3. The molecule has 0 spiro atoms. The second kappa shape index (κ2) is 5.40. The highest BCUT2D eigenvalue weighted by molar-refractivity contribution is 5.98. The van der Waals surface area contributed by atoms with Crippen LogP contribution >= 0.6 is 0 Å². The predicted molar refractivity (Wildman–Crippen MR) is 84.6 cm³/mol. The molecular formula is C17H16FN3. The third-order valence-electron chi connectivity index (χ3n) is 3.54. The van der Waals surface area contributed by atoms with Crippen LogP contribution in [-0.2, 0) is 0 Å². The summed E-state index contributed by atoms with van der Waals surface area (Å²) in [6, 6.07) is 14.8. The fraction of sp³-hybridized carbons (Fsp3) is 0.118. The maximum Gasteiger partial charge on any atom is 0.150 e. The summed E-state index contributed by atoms with van der Waals surface area (Å²) in [5.41, 5.74) is 8.28. The van der Waals surface area contributed by atoms with Crippen molar-refractivity contribution in [2.75, 3.05) is 11.1 Å². The number of nitrogen functional groups attached to an aromatic ring is 1. The van der Waals surface area contributed by atoms with Crippen LogP contribution in [-0.4, -0.2) is 4.98 Å². The van der Waals surface area contributed by atoms with Crippen LogP contribution in [0.15, 0.2) is 54.7 Å². The van der Waals surface area contributed by atoms with Crippen molar-refractivity contribution in [1.29, 1.82) is 0 Å². The number of anilines is 2. The molecule has 0 fully saturated rings. The summed E-state index contributed by atoms with van der Waals surface area (Å²) in [4.78, 5) is 4.27. The first-order valence-corrected chi connectivity index (χ1v) is 6.81. The summed E-state index contributed by atoms with van der Waals surface area (Å²) in [7, 11) is 0. The van der Waals surface area contributed by atoms with Gasteiger partial charge in [-0.25, -0.2) is 4.39 Å². The molecule has 0 amide bonds. The Morgan fingerprint density at radius 2 is 1.90 bits per heavy atom. The number of nitrogens with two attached hydrogens (primary N) is 1. The Kier molecular flexibility index (Phi) is 3.44. The van der Waals surface area contributed by atoms with E-state index in [0.29, 0.717) is 16.9 Å². The molecule has 1 unspecified atom stereocenters. The third-order valence-corrected chi connectivity index (χ3v) is 3.54. The van der Waals surface area contributed by atoms with Crippen molar-refractivity contribution in [2.45, 2.75) is 13.0 Å². The van der Waals surface area contributed by atoms with Gasteiger partial charge in [0.05, 0.1) is 11.2 Å². The van der Waals surface area contributed by atoms with Gasteiger partial charge in [-0.15, -0.1) is 0 Å². The third kappa shape index (κ3) is 2.52. The number of benzene rings is 2. The zero-order valence-corrected chi connectivity index (χ0v) is 11.7. The van der Waals surface area contributed by atoms with Crippen LogP contribution in [0.1, 0.15) is 18.5 Å². The fourth-order valence-corrected chi connectivity index (χ4v) is 2.42. The average molecular weight is 281 g/mol. The highest BCUT2D eigenvalue weighted by Gasteiger charge is 2.14. The molecule has 0 aliphatic carbocycles. The highest BCUT2D eigenvalue weighted by atomic mass is 19.1. The zero-order valence-electron chi connectivity index (χ0n) is 11.7. The number of nitrogens with one attached hydrogen (secondary N) is 1. The lowest BCUT2D eigenvalue weighted by molar-refractivity contribution is 0.629. The van der Waals surface area contributed by atoms with E-state index in [0.717, 1.165) is 10.9 Å². The first-order chi connectivity index (χ1) is 10.2. The van der Waals surface area contributed by atoms with E-state index < -0.39 is 0 Å². The van der Waals surface area contributed by atoms with Crippen molar-refractivity contribution in [2.24, 2.45) is 0 Å². The van der Waals surface area contributed by atoms with E-state index in [9.17, 15) is 4.39 Å². The van der Waals surface area contributed by atoms with E-state index in [1.165, 1.54) is 6.07 Å². The van der Waals surface area contributed by atoms with Gasteiger partial charge in [-0.05, 0) is 30.7 Å². The summed E-state index contributed by atoms with van der Waals surface area (Å²) in [6.45, 7) is 1.99. The van der Waals surface area contributed by atoms with E-state index in [1.54, 1.807) is 12.3 Å². The number of nitrogens with zero attached hydrogens (tertiary/aromatic N) is 1. The molecule has 106 valence electrons. The number of hydrogen-bond acceptors (Lipinski definition) is 3. The van der Waals surface area contributed by atoms with Crippen molar-refractivity contribution in [3.05, 3.63) is 66.1 Å². The molecule has 0 saturated carbocycles. The smallest absolute Gasteiger partial charge is 0.150 e.